The van der Waals surface area contributed by atoms with Crippen LogP contribution in [0.2, 0.25) is 0 Å². The smallest absolute Gasteiger partial charge is 0.248 e. The molecule has 1 aliphatic heterocycles. The van der Waals surface area contributed by atoms with E-state index >= 15 is 0 Å². The molecule has 0 bridgehead atoms. The lowest BCUT2D eigenvalue weighted by molar-refractivity contribution is -0.133. The third-order valence-electron chi connectivity index (χ3n) is 4.73. The molecule has 2 fully saturated rings. The van der Waals surface area contributed by atoms with Crippen LogP contribution in [0.3, 0.4) is 0 Å². The Morgan fingerprint density at radius 2 is 1.74 bits per heavy atom. The second kappa shape index (κ2) is 7.13. The summed E-state index contributed by atoms with van der Waals surface area (Å²) in [7, 11) is 0. The van der Waals surface area contributed by atoms with Crippen LogP contribution < -0.4 is 5.73 Å². The summed E-state index contributed by atoms with van der Waals surface area (Å²) in [6, 6.07) is 7.91. The number of hydrogen-bond acceptors (Lipinski definition) is 3. The molecule has 2 N–H and O–H groups in total. The molecule has 0 aromatic heterocycles. The molecule has 0 radical (unpaired) electrons. The van der Waals surface area contributed by atoms with E-state index in [0.717, 1.165) is 38.0 Å². The normalized spacial score (nSPS) is 18.2. The molecule has 1 heterocycles. The van der Waals surface area contributed by atoms with Crippen molar-refractivity contribution in [2.75, 3.05) is 19.6 Å². The number of nitrogens with zero attached hydrogens (tertiary/aromatic N) is 2. The summed E-state index contributed by atoms with van der Waals surface area (Å²) in [5.74, 6) is -0.152. The number of likely N-dealkylation sites (tertiary alicyclic amines) is 1. The summed E-state index contributed by atoms with van der Waals surface area (Å²) in [6.45, 7) is 3.07. The number of carbonyl (C=O) groups is 2. The van der Waals surface area contributed by atoms with Gasteiger partial charge in [0.05, 0.1) is 6.54 Å². The highest BCUT2D eigenvalue weighted by Crippen LogP contribution is 2.28. The van der Waals surface area contributed by atoms with Gasteiger partial charge >= 0.3 is 0 Å². The lowest BCUT2D eigenvalue weighted by Gasteiger charge is -2.30. The maximum atomic E-state index is 12.5. The molecule has 5 nitrogen and oxygen atoms in total. The molecule has 1 saturated carbocycles. The second-order valence-electron chi connectivity index (χ2n) is 6.64. The number of piperidine rings is 1. The van der Waals surface area contributed by atoms with Crippen LogP contribution in [0.25, 0.3) is 0 Å². The zero-order chi connectivity index (χ0) is 16.2. The minimum atomic E-state index is -0.407. The van der Waals surface area contributed by atoms with Gasteiger partial charge in [0.25, 0.3) is 0 Å². The van der Waals surface area contributed by atoms with Crippen LogP contribution in [0.4, 0.5) is 0 Å². The van der Waals surface area contributed by atoms with Crippen molar-refractivity contribution < 1.29 is 9.59 Å². The summed E-state index contributed by atoms with van der Waals surface area (Å²) in [4.78, 5) is 27.9. The SMILES string of the molecule is NC(=O)c1ccc(CN(CC(=O)N2CCCCC2)C2CC2)cc1. The van der Waals surface area contributed by atoms with Crippen molar-refractivity contribution in [1.82, 2.24) is 9.80 Å². The predicted molar refractivity (Wildman–Crippen MR) is 88.8 cm³/mol. The minimum Gasteiger partial charge on any atom is -0.366 e. The molecule has 1 aromatic rings. The van der Waals surface area contributed by atoms with Crippen molar-refractivity contribution in [3.8, 4) is 0 Å². The van der Waals surface area contributed by atoms with E-state index in [4.69, 9.17) is 5.73 Å². The van der Waals surface area contributed by atoms with Gasteiger partial charge in [0.2, 0.25) is 11.8 Å². The average molecular weight is 315 g/mol. The fraction of sp³-hybridized carbons (Fsp3) is 0.556. The van der Waals surface area contributed by atoms with Crippen molar-refractivity contribution in [2.24, 2.45) is 5.73 Å². The Balaban J connectivity index is 1.60. The molecule has 2 amide bonds. The van der Waals surface area contributed by atoms with Crippen molar-refractivity contribution in [1.29, 1.82) is 0 Å². The summed E-state index contributed by atoms with van der Waals surface area (Å²) in [5, 5.41) is 0. The van der Waals surface area contributed by atoms with Crippen molar-refractivity contribution in [3.05, 3.63) is 35.4 Å². The van der Waals surface area contributed by atoms with Crippen LogP contribution in [0.15, 0.2) is 24.3 Å². The van der Waals surface area contributed by atoms with Gasteiger partial charge in [-0.3, -0.25) is 14.5 Å². The Morgan fingerprint density at radius 1 is 1.09 bits per heavy atom. The highest BCUT2D eigenvalue weighted by molar-refractivity contribution is 5.92. The topological polar surface area (TPSA) is 66.6 Å². The van der Waals surface area contributed by atoms with Crippen molar-refractivity contribution in [3.63, 3.8) is 0 Å². The number of hydrogen-bond donors (Lipinski definition) is 1. The summed E-state index contributed by atoms with van der Waals surface area (Å²) < 4.78 is 0. The van der Waals surface area contributed by atoms with Gasteiger partial charge in [-0.2, -0.15) is 0 Å². The minimum absolute atomic E-state index is 0.255. The summed E-state index contributed by atoms with van der Waals surface area (Å²) >= 11 is 0. The number of carbonyl (C=O) groups excluding carboxylic acids is 2. The third kappa shape index (κ3) is 4.32. The predicted octanol–water partition coefficient (Wildman–Crippen LogP) is 1.76. The standard InChI is InChI=1S/C18H25N3O2/c19-18(23)15-6-4-14(5-7-15)12-21(16-8-9-16)13-17(22)20-10-2-1-3-11-20/h4-7,16H,1-3,8-13H2,(H2,19,23). The van der Waals surface area contributed by atoms with Gasteiger partial charge in [-0.25, -0.2) is 0 Å². The highest BCUT2D eigenvalue weighted by atomic mass is 16.2. The number of rotatable bonds is 6. The summed E-state index contributed by atoms with van der Waals surface area (Å²) in [5.41, 5.74) is 6.92. The number of benzene rings is 1. The monoisotopic (exact) mass is 315 g/mol. The van der Waals surface area contributed by atoms with Gasteiger partial charge in [0.1, 0.15) is 0 Å². The van der Waals surface area contributed by atoms with E-state index in [1.165, 1.54) is 19.3 Å². The Bertz CT molecular complexity index is 560. The Kier molecular flexibility index (Phi) is 4.96. The third-order valence-corrected chi connectivity index (χ3v) is 4.73. The van der Waals surface area contributed by atoms with Crippen LogP contribution in [-0.4, -0.2) is 47.3 Å². The molecule has 0 spiro atoms. The van der Waals surface area contributed by atoms with E-state index in [-0.39, 0.29) is 5.91 Å². The average Bonchev–Trinajstić information content (AvgIpc) is 3.40. The van der Waals surface area contributed by atoms with E-state index in [1.54, 1.807) is 12.1 Å². The van der Waals surface area contributed by atoms with Crippen LogP contribution in [0.5, 0.6) is 0 Å². The first-order valence-electron chi connectivity index (χ1n) is 8.54. The fourth-order valence-electron chi connectivity index (χ4n) is 3.18. The van der Waals surface area contributed by atoms with E-state index in [0.29, 0.717) is 18.2 Å². The zero-order valence-electron chi connectivity index (χ0n) is 13.5. The molecular weight excluding hydrogens is 290 g/mol. The number of primary amides is 1. The molecule has 1 aliphatic carbocycles. The van der Waals surface area contributed by atoms with Gasteiger partial charge < -0.3 is 10.6 Å². The molecule has 124 valence electrons. The molecule has 5 heteroatoms. The maximum absolute atomic E-state index is 12.5. The molecule has 1 saturated heterocycles. The van der Waals surface area contributed by atoms with Gasteiger partial charge in [-0.15, -0.1) is 0 Å². The van der Waals surface area contributed by atoms with Crippen molar-refractivity contribution >= 4 is 11.8 Å². The Hall–Kier alpha value is -1.88. The maximum Gasteiger partial charge on any atom is 0.248 e. The van der Waals surface area contributed by atoms with Crippen molar-refractivity contribution in [2.45, 2.75) is 44.7 Å². The fourth-order valence-corrected chi connectivity index (χ4v) is 3.18. The second-order valence-corrected chi connectivity index (χ2v) is 6.64. The quantitative estimate of drug-likeness (QED) is 0.870. The largest absolute Gasteiger partial charge is 0.366 e. The van der Waals surface area contributed by atoms with Crippen LogP contribution in [-0.2, 0) is 11.3 Å². The zero-order valence-corrected chi connectivity index (χ0v) is 13.5. The van der Waals surface area contributed by atoms with Gasteiger partial charge in [0.15, 0.2) is 0 Å². The first-order chi connectivity index (χ1) is 11.1. The summed E-state index contributed by atoms with van der Waals surface area (Å²) in [6.07, 6.45) is 5.84. The lowest BCUT2D eigenvalue weighted by Crippen LogP contribution is -2.43. The van der Waals surface area contributed by atoms with E-state index < -0.39 is 5.91 Å². The first kappa shape index (κ1) is 16.0. The molecule has 23 heavy (non-hydrogen) atoms. The van der Waals surface area contributed by atoms with E-state index in [9.17, 15) is 9.59 Å². The molecule has 0 unspecified atom stereocenters. The van der Waals surface area contributed by atoms with Crippen LogP contribution in [0, 0.1) is 0 Å². The molecule has 1 aromatic carbocycles. The Labute approximate surface area is 137 Å². The molecule has 0 atom stereocenters. The van der Waals surface area contributed by atoms with Crippen LogP contribution in [0.1, 0.15) is 48.0 Å². The van der Waals surface area contributed by atoms with Gasteiger partial charge in [-0.1, -0.05) is 12.1 Å². The first-order valence-corrected chi connectivity index (χ1v) is 8.54. The molecular formula is C18H25N3O2. The molecule has 3 rings (SSSR count). The number of amides is 2. The lowest BCUT2D eigenvalue weighted by atomic mass is 10.1. The number of nitrogens with two attached hydrogens (primary N) is 1. The van der Waals surface area contributed by atoms with E-state index in [1.807, 2.05) is 17.0 Å². The molecule has 2 aliphatic rings. The highest BCUT2D eigenvalue weighted by Gasteiger charge is 2.31. The Morgan fingerprint density at radius 3 is 2.30 bits per heavy atom. The van der Waals surface area contributed by atoms with E-state index in [2.05, 4.69) is 4.90 Å². The van der Waals surface area contributed by atoms with Gasteiger partial charge in [0, 0.05) is 31.2 Å². The van der Waals surface area contributed by atoms with Crippen LogP contribution >= 0.6 is 0 Å². The van der Waals surface area contributed by atoms with Gasteiger partial charge in [-0.05, 0) is 49.8 Å².